The lowest BCUT2D eigenvalue weighted by atomic mass is 10.2. The molecule has 0 aliphatic carbocycles. The number of thiazole rings is 1. The standard InChI is InChI=1S/C14H16N2OS2/c1-10-3-5-12(6-4-10)8-18-9-13(17)16-14-15-7-11(2)19-14/h3-7H,8-9H2,1-2H3,(H,15,16,17). The Labute approximate surface area is 121 Å². The van der Waals surface area contributed by atoms with E-state index in [0.29, 0.717) is 10.9 Å². The smallest absolute Gasteiger partial charge is 0.236 e. The third-order valence-corrected chi connectivity index (χ3v) is 4.32. The molecule has 0 aliphatic heterocycles. The Kier molecular flexibility index (Phi) is 4.99. The summed E-state index contributed by atoms with van der Waals surface area (Å²) in [6.45, 7) is 4.04. The SMILES string of the molecule is Cc1ccc(CSCC(=O)Nc2ncc(C)s2)cc1. The number of hydrogen-bond acceptors (Lipinski definition) is 4. The number of aromatic nitrogens is 1. The zero-order valence-electron chi connectivity index (χ0n) is 11.0. The van der Waals surface area contributed by atoms with E-state index in [1.54, 1.807) is 18.0 Å². The maximum Gasteiger partial charge on any atom is 0.236 e. The van der Waals surface area contributed by atoms with Gasteiger partial charge in [-0.15, -0.1) is 23.1 Å². The molecule has 0 fully saturated rings. The highest BCUT2D eigenvalue weighted by molar-refractivity contribution is 7.99. The molecule has 1 N–H and O–H groups in total. The van der Waals surface area contributed by atoms with Crippen molar-refractivity contribution in [2.24, 2.45) is 0 Å². The Morgan fingerprint density at radius 2 is 2.05 bits per heavy atom. The van der Waals surface area contributed by atoms with Gasteiger partial charge >= 0.3 is 0 Å². The fourth-order valence-corrected chi connectivity index (χ4v) is 2.98. The fourth-order valence-electron chi connectivity index (χ4n) is 1.51. The summed E-state index contributed by atoms with van der Waals surface area (Å²) in [6, 6.07) is 8.39. The van der Waals surface area contributed by atoms with Gasteiger partial charge in [-0.2, -0.15) is 0 Å². The van der Waals surface area contributed by atoms with Gasteiger partial charge in [0.25, 0.3) is 0 Å². The molecule has 0 aliphatic rings. The van der Waals surface area contributed by atoms with Gasteiger partial charge in [-0.1, -0.05) is 29.8 Å². The molecule has 0 radical (unpaired) electrons. The van der Waals surface area contributed by atoms with Crippen molar-refractivity contribution < 1.29 is 4.79 Å². The molecular weight excluding hydrogens is 276 g/mol. The van der Waals surface area contributed by atoms with Crippen LogP contribution >= 0.6 is 23.1 Å². The van der Waals surface area contributed by atoms with Gasteiger partial charge in [-0.05, 0) is 19.4 Å². The highest BCUT2D eigenvalue weighted by atomic mass is 32.2. The molecule has 0 saturated heterocycles. The fraction of sp³-hybridized carbons (Fsp3) is 0.286. The summed E-state index contributed by atoms with van der Waals surface area (Å²) in [7, 11) is 0. The molecule has 1 heterocycles. The quantitative estimate of drug-likeness (QED) is 0.915. The van der Waals surface area contributed by atoms with Crippen LogP contribution in [0.5, 0.6) is 0 Å². The van der Waals surface area contributed by atoms with Crippen LogP contribution in [0.3, 0.4) is 0 Å². The third-order valence-electron chi connectivity index (χ3n) is 2.49. The first kappa shape index (κ1) is 14.1. The number of carbonyl (C=O) groups excluding carboxylic acids is 1. The Balaban J connectivity index is 1.73. The number of anilines is 1. The van der Waals surface area contributed by atoms with Crippen LogP contribution in [0.2, 0.25) is 0 Å². The lowest BCUT2D eigenvalue weighted by molar-refractivity contribution is -0.113. The molecule has 0 spiro atoms. The molecule has 0 saturated carbocycles. The molecule has 2 rings (SSSR count). The van der Waals surface area contributed by atoms with Crippen molar-refractivity contribution in [2.45, 2.75) is 19.6 Å². The van der Waals surface area contributed by atoms with Crippen LogP contribution in [-0.2, 0) is 10.5 Å². The minimum Gasteiger partial charge on any atom is -0.301 e. The van der Waals surface area contributed by atoms with E-state index < -0.39 is 0 Å². The Morgan fingerprint density at radius 3 is 2.68 bits per heavy atom. The summed E-state index contributed by atoms with van der Waals surface area (Å²) >= 11 is 3.11. The molecule has 1 aromatic heterocycles. The van der Waals surface area contributed by atoms with Crippen molar-refractivity contribution in [1.82, 2.24) is 4.98 Å². The number of aryl methyl sites for hydroxylation is 2. The predicted octanol–water partition coefficient (Wildman–Crippen LogP) is 3.63. The molecule has 5 heteroatoms. The van der Waals surface area contributed by atoms with Crippen molar-refractivity contribution in [2.75, 3.05) is 11.1 Å². The topological polar surface area (TPSA) is 42.0 Å². The van der Waals surface area contributed by atoms with Gasteiger partial charge in [0.2, 0.25) is 5.91 Å². The maximum absolute atomic E-state index is 11.7. The van der Waals surface area contributed by atoms with Crippen LogP contribution in [0, 0.1) is 13.8 Å². The highest BCUT2D eigenvalue weighted by Gasteiger charge is 2.05. The number of rotatable bonds is 5. The molecule has 1 amide bonds. The van der Waals surface area contributed by atoms with E-state index in [1.807, 2.05) is 6.92 Å². The van der Waals surface area contributed by atoms with Gasteiger partial charge < -0.3 is 5.32 Å². The lowest BCUT2D eigenvalue weighted by Gasteiger charge is -2.03. The van der Waals surface area contributed by atoms with E-state index in [9.17, 15) is 4.79 Å². The van der Waals surface area contributed by atoms with Gasteiger partial charge in [-0.25, -0.2) is 4.98 Å². The Hall–Kier alpha value is -1.33. The number of benzene rings is 1. The van der Waals surface area contributed by atoms with Crippen molar-refractivity contribution in [1.29, 1.82) is 0 Å². The zero-order valence-corrected chi connectivity index (χ0v) is 12.6. The van der Waals surface area contributed by atoms with Crippen LogP contribution in [0.1, 0.15) is 16.0 Å². The summed E-state index contributed by atoms with van der Waals surface area (Å²) < 4.78 is 0. The summed E-state index contributed by atoms with van der Waals surface area (Å²) in [6.07, 6.45) is 1.76. The molecule has 2 aromatic rings. The first-order chi connectivity index (χ1) is 9.13. The molecule has 0 bridgehead atoms. The molecule has 100 valence electrons. The van der Waals surface area contributed by atoms with Crippen LogP contribution in [-0.4, -0.2) is 16.6 Å². The van der Waals surface area contributed by atoms with Gasteiger partial charge in [0.1, 0.15) is 0 Å². The molecule has 1 aromatic carbocycles. The van der Waals surface area contributed by atoms with Crippen LogP contribution in [0.15, 0.2) is 30.5 Å². The van der Waals surface area contributed by atoms with E-state index >= 15 is 0 Å². The van der Waals surface area contributed by atoms with Crippen molar-refractivity contribution in [3.63, 3.8) is 0 Å². The number of thioether (sulfide) groups is 1. The monoisotopic (exact) mass is 292 g/mol. The Morgan fingerprint density at radius 1 is 1.32 bits per heavy atom. The minimum absolute atomic E-state index is 0.00598. The van der Waals surface area contributed by atoms with Crippen molar-refractivity contribution >= 4 is 34.1 Å². The van der Waals surface area contributed by atoms with Crippen LogP contribution in [0.4, 0.5) is 5.13 Å². The second kappa shape index (κ2) is 6.73. The summed E-state index contributed by atoms with van der Waals surface area (Å²) in [5.41, 5.74) is 2.50. The van der Waals surface area contributed by atoms with E-state index in [1.165, 1.54) is 22.5 Å². The number of amides is 1. The minimum atomic E-state index is 0.00598. The van der Waals surface area contributed by atoms with Crippen LogP contribution < -0.4 is 5.32 Å². The molecule has 0 unspecified atom stereocenters. The average Bonchev–Trinajstić information content (AvgIpc) is 2.77. The second-order valence-electron chi connectivity index (χ2n) is 4.30. The van der Waals surface area contributed by atoms with Gasteiger partial charge in [-0.3, -0.25) is 4.79 Å². The van der Waals surface area contributed by atoms with Crippen molar-refractivity contribution in [3.05, 3.63) is 46.5 Å². The summed E-state index contributed by atoms with van der Waals surface area (Å²) in [5.74, 6) is 1.31. The van der Waals surface area contributed by atoms with Gasteiger partial charge in [0.05, 0.1) is 5.75 Å². The molecule has 3 nitrogen and oxygen atoms in total. The molecule has 19 heavy (non-hydrogen) atoms. The summed E-state index contributed by atoms with van der Waals surface area (Å²) in [4.78, 5) is 16.9. The predicted molar refractivity (Wildman–Crippen MR) is 82.8 cm³/mol. The lowest BCUT2D eigenvalue weighted by Crippen LogP contribution is -2.13. The normalized spacial score (nSPS) is 10.4. The second-order valence-corrected chi connectivity index (χ2v) is 6.52. The van der Waals surface area contributed by atoms with E-state index in [4.69, 9.17) is 0 Å². The average molecular weight is 292 g/mol. The molecular formula is C14H16N2OS2. The van der Waals surface area contributed by atoms with Crippen LogP contribution in [0.25, 0.3) is 0 Å². The Bertz CT molecular complexity index is 549. The van der Waals surface area contributed by atoms with Gasteiger partial charge in [0.15, 0.2) is 5.13 Å². The van der Waals surface area contributed by atoms with E-state index in [2.05, 4.69) is 41.5 Å². The first-order valence-electron chi connectivity index (χ1n) is 5.99. The highest BCUT2D eigenvalue weighted by Crippen LogP contribution is 2.17. The summed E-state index contributed by atoms with van der Waals surface area (Å²) in [5, 5.41) is 3.48. The zero-order chi connectivity index (χ0) is 13.7. The molecule has 0 atom stereocenters. The largest absolute Gasteiger partial charge is 0.301 e. The van der Waals surface area contributed by atoms with Gasteiger partial charge in [0, 0.05) is 16.8 Å². The number of nitrogens with one attached hydrogen (secondary N) is 1. The van der Waals surface area contributed by atoms with Crippen molar-refractivity contribution in [3.8, 4) is 0 Å². The number of carbonyl (C=O) groups is 1. The first-order valence-corrected chi connectivity index (χ1v) is 7.96. The third kappa shape index (κ3) is 4.69. The number of nitrogens with zero attached hydrogens (tertiary/aromatic N) is 1. The number of hydrogen-bond donors (Lipinski definition) is 1. The van der Waals surface area contributed by atoms with E-state index in [-0.39, 0.29) is 5.91 Å². The van der Waals surface area contributed by atoms with E-state index in [0.717, 1.165) is 10.6 Å². The maximum atomic E-state index is 11.7.